The van der Waals surface area contributed by atoms with Gasteiger partial charge in [-0.05, 0) is 31.5 Å². The van der Waals surface area contributed by atoms with E-state index < -0.39 is 10.8 Å². The van der Waals surface area contributed by atoms with Gasteiger partial charge in [-0.2, -0.15) is 0 Å². The minimum Gasteiger partial charge on any atom is -0.290 e. The summed E-state index contributed by atoms with van der Waals surface area (Å²) in [7, 11) is 0. The first-order chi connectivity index (χ1) is 9.86. The molecule has 7 nitrogen and oxygen atoms in total. The van der Waals surface area contributed by atoms with Crippen LogP contribution in [0.3, 0.4) is 0 Å². The van der Waals surface area contributed by atoms with Crippen LogP contribution in [-0.4, -0.2) is 20.8 Å². The summed E-state index contributed by atoms with van der Waals surface area (Å²) in [4.78, 5) is 30.4. The Balaban J connectivity index is 2.36. The smallest absolute Gasteiger partial charge is 0.282 e. The second kappa shape index (κ2) is 5.84. The van der Waals surface area contributed by atoms with Crippen LogP contribution in [0.25, 0.3) is 0 Å². The largest absolute Gasteiger partial charge is 0.290 e. The van der Waals surface area contributed by atoms with E-state index in [2.05, 4.69) is 15.3 Å². The molecule has 0 unspecified atom stereocenters. The lowest BCUT2D eigenvalue weighted by Crippen LogP contribution is -2.16. The Hall–Kier alpha value is -2.54. The van der Waals surface area contributed by atoms with Gasteiger partial charge < -0.3 is 0 Å². The minimum atomic E-state index is -0.660. The summed E-state index contributed by atoms with van der Waals surface area (Å²) in [6.07, 6.45) is 0. The molecule has 0 fully saturated rings. The van der Waals surface area contributed by atoms with E-state index in [4.69, 9.17) is 11.6 Å². The number of nitrogens with one attached hydrogen (secondary N) is 1. The number of benzene rings is 1. The van der Waals surface area contributed by atoms with E-state index in [1.807, 2.05) is 0 Å². The van der Waals surface area contributed by atoms with Gasteiger partial charge in [0.05, 0.1) is 4.92 Å². The maximum atomic E-state index is 12.2. The Morgan fingerprint density at radius 3 is 2.62 bits per heavy atom. The third kappa shape index (κ3) is 3.51. The summed E-state index contributed by atoms with van der Waals surface area (Å²) in [5.41, 5.74) is 0.969. The number of aromatic nitrogens is 2. The number of rotatable bonds is 3. The lowest BCUT2D eigenvalue weighted by atomic mass is 10.1. The fourth-order valence-electron chi connectivity index (χ4n) is 1.75. The van der Waals surface area contributed by atoms with Gasteiger partial charge in [0.15, 0.2) is 0 Å². The van der Waals surface area contributed by atoms with E-state index in [1.165, 1.54) is 18.2 Å². The second-order valence-corrected chi connectivity index (χ2v) is 4.77. The normalized spacial score (nSPS) is 10.2. The zero-order valence-corrected chi connectivity index (χ0v) is 12.0. The van der Waals surface area contributed by atoms with Crippen LogP contribution in [0.5, 0.6) is 0 Å². The van der Waals surface area contributed by atoms with E-state index >= 15 is 0 Å². The van der Waals surface area contributed by atoms with Crippen LogP contribution in [0.1, 0.15) is 21.6 Å². The van der Waals surface area contributed by atoms with Gasteiger partial charge >= 0.3 is 0 Å². The van der Waals surface area contributed by atoms with Crippen molar-refractivity contribution in [2.45, 2.75) is 13.8 Å². The number of anilines is 1. The average Bonchev–Trinajstić information content (AvgIpc) is 2.36. The van der Waals surface area contributed by atoms with Crippen LogP contribution >= 0.6 is 11.6 Å². The minimum absolute atomic E-state index is 0.000745. The standard InChI is InChI=1S/C13H11ClN4O3/c1-7-3-4-10(18(20)21)9(5-7)12(19)17-13-15-8(2)6-11(14)16-13/h3-6H,1-2H3,(H,15,16,17,19). The quantitative estimate of drug-likeness (QED) is 0.534. The molecule has 0 bridgehead atoms. The molecular formula is C13H11ClN4O3. The summed E-state index contributed by atoms with van der Waals surface area (Å²) in [6, 6.07) is 5.82. The Bertz CT molecular complexity index is 713. The lowest BCUT2D eigenvalue weighted by molar-refractivity contribution is -0.385. The molecule has 8 heteroatoms. The number of nitro groups is 1. The van der Waals surface area contributed by atoms with Crippen LogP contribution < -0.4 is 5.32 Å². The molecule has 0 aliphatic carbocycles. The summed E-state index contributed by atoms with van der Waals surface area (Å²) >= 11 is 5.78. The number of nitrogens with zero attached hydrogens (tertiary/aromatic N) is 3. The van der Waals surface area contributed by atoms with Gasteiger partial charge in [0, 0.05) is 11.8 Å². The number of carbonyl (C=O) groups is 1. The lowest BCUT2D eigenvalue weighted by Gasteiger charge is -2.06. The molecule has 0 spiro atoms. The molecule has 1 aromatic heterocycles. The van der Waals surface area contributed by atoms with E-state index in [0.29, 0.717) is 5.69 Å². The Labute approximate surface area is 125 Å². The van der Waals surface area contributed by atoms with Crippen molar-refractivity contribution < 1.29 is 9.72 Å². The van der Waals surface area contributed by atoms with Crippen molar-refractivity contribution in [2.24, 2.45) is 0 Å². The van der Waals surface area contributed by atoms with Crippen molar-refractivity contribution >= 4 is 29.1 Å². The fraction of sp³-hybridized carbons (Fsp3) is 0.154. The number of halogens is 1. The predicted octanol–water partition coefficient (Wildman–Crippen LogP) is 2.91. The fourth-order valence-corrected chi connectivity index (χ4v) is 1.98. The number of hydrogen-bond acceptors (Lipinski definition) is 5. The van der Waals surface area contributed by atoms with Crippen LogP contribution in [0.15, 0.2) is 24.3 Å². The summed E-state index contributed by atoms with van der Waals surface area (Å²) < 4.78 is 0. The predicted molar refractivity (Wildman–Crippen MR) is 77.6 cm³/mol. The van der Waals surface area contributed by atoms with E-state index in [1.54, 1.807) is 19.9 Å². The molecule has 0 atom stereocenters. The molecule has 2 aromatic rings. The molecule has 1 aromatic carbocycles. The van der Waals surface area contributed by atoms with Crippen molar-refractivity contribution in [1.82, 2.24) is 9.97 Å². The molecular weight excluding hydrogens is 296 g/mol. The van der Waals surface area contributed by atoms with Crippen LogP contribution in [0.2, 0.25) is 5.15 Å². The molecule has 0 saturated heterocycles. The summed E-state index contributed by atoms with van der Waals surface area (Å²) in [6.45, 7) is 3.43. The first-order valence-electron chi connectivity index (χ1n) is 5.94. The highest BCUT2D eigenvalue weighted by Crippen LogP contribution is 2.21. The first-order valence-corrected chi connectivity index (χ1v) is 6.32. The zero-order chi connectivity index (χ0) is 15.6. The topological polar surface area (TPSA) is 98.0 Å². The van der Waals surface area contributed by atoms with Gasteiger partial charge in [-0.15, -0.1) is 0 Å². The van der Waals surface area contributed by atoms with Gasteiger partial charge in [0.2, 0.25) is 5.95 Å². The average molecular weight is 307 g/mol. The van der Waals surface area contributed by atoms with Gasteiger partial charge in [-0.3, -0.25) is 20.2 Å². The number of carbonyl (C=O) groups excluding carboxylic acids is 1. The number of nitro benzene ring substituents is 1. The molecule has 1 heterocycles. The van der Waals surface area contributed by atoms with Crippen molar-refractivity contribution in [1.29, 1.82) is 0 Å². The third-order valence-corrected chi connectivity index (χ3v) is 2.84. The van der Waals surface area contributed by atoms with Crippen molar-refractivity contribution in [3.05, 3.63) is 56.4 Å². The van der Waals surface area contributed by atoms with E-state index in [-0.39, 0.29) is 22.4 Å². The molecule has 0 radical (unpaired) electrons. The summed E-state index contributed by atoms with van der Waals surface area (Å²) in [5.74, 6) is -0.659. The van der Waals surface area contributed by atoms with Gasteiger partial charge in [-0.1, -0.05) is 17.7 Å². The molecule has 0 aliphatic rings. The number of aryl methyl sites for hydroxylation is 2. The molecule has 0 aliphatic heterocycles. The Kier molecular flexibility index (Phi) is 4.13. The summed E-state index contributed by atoms with van der Waals surface area (Å²) in [5, 5.41) is 13.6. The molecule has 1 N–H and O–H groups in total. The van der Waals surface area contributed by atoms with E-state index in [0.717, 1.165) is 5.56 Å². The monoisotopic (exact) mass is 306 g/mol. The van der Waals surface area contributed by atoms with Crippen LogP contribution in [-0.2, 0) is 0 Å². The maximum Gasteiger partial charge on any atom is 0.282 e. The third-order valence-electron chi connectivity index (χ3n) is 2.64. The number of amides is 1. The van der Waals surface area contributed by atoms with E-state index in [9.17, 15) is 14.9 Å². The van der Waals surface area contributed by atoms with Crippen LogP contribution in [0.4, 0.5) is 11.6 Å². The molecule has 1 amide bonds. The van der Waals surface area contributed by atoms with Crippen molar-refractivity contribution in [2.75, 3.05) is 5.32 Å². The molecule has 108 valence electrons. The SMILES string of the molecule is Cc1ccc([N+](=O)[O-])c(C(=O)Nc2nc(C)cc(Cl)n2)c1. The molecule has 0 saturated carbocycles. The van der Waals surface area contributed by atoms with Gasteiger partial charge in [0.25, 0.3) is 11.6 Å². The maximum absolute atomic E-state index is 12.2. The Morgan fingerprint density at radius 2 is 2.00 bits per heavy atom. The molecule has 21 heavy (non-hydrogen) atoms. The van der Waals surface area contributed by atoms with Crippen molar-refractivity contribution in [3.63, 3.8) is 0 Å². The van der Waals surface area contributed by atoms with Crippen LogP contribution in [0, 0.1) is 24.0 Å². The zero-order valence-electron chi connectivity index (χ0n) is 11.3. The molecule has 2 rings (SSSR count). The van der Waals surface area contributed by atoms with Crippen molar-refractivity contribution in [3.8, 4) is 0 Å². The highest BCUT2D eigenvalue weighted by Gasteiger charge is 2.21. The Morgan fingerprint density at radius 1 is 1.29 bits per heavy atom. The first kappa shape index (κ1) is 14.9. The highest BCUT2D eigenvalue weighted by atomic mass is 35.5. The number of hydrogen-bond donors (Lipinski definition) is 1. The second-order valence-electron chi connectivity index (χ2n) is 4.39. The highest BCUT2D eigenvalue weighted by molar-refractivity contribution is 6.29. The van der Waals surface area contributed by atoms with Gasteiger partial charge in [0.1, 0.15) is 10.7 Å². The van der Waals surface area contributed by atoms with Gasteiger partial charge in [-0.25, -0.2) is 9.97 Å².